The van der Waals surface area contributed by atoms with Crippen molar-refractivity contribution in [3.63, 3.8) is 0 Å². The van der Waals surface area contributed by atoms with E-state index in [4.69, 9.17) is 21.1 Å². The van der Waals surface area contributed by atoms with Gasteiger partial charge in [0.15, 0.2) is 11.5 Å². The number of amides is 2. The van der Waals surface area contributed by atoms with E-state index in [1.165, 1.54) is 6.42 Å². The smallest absolute Gasteiger partial charge is 0.253 e. The van der Waals surface area contributed by atoms with Crippen LogP contribution in [-0.4, -0.2) is 24.1 Å². The van der Waals surface area contributed by atoms with Crippen molar-refractivity contribution in [2.24, 2.45) is 0 Å². The van der Waals surface area contributed by atoms with Crippen LogP contribution in [0, 0.1) is 0 Å². The topological polar surface area (TPSA) is 76.7 Å². The molecule has 2 aliphatic rings. The summed E-state index contributed by atoms with van der Waals surface area (Å²) in [7, 11) is 0. The highest BCUT2D eigenvalue weighted by atomic mass is 35.5. The van der Waals surface area contributed by atoms with Crippen LogP contribution in [0.15, 0.2) is 42.5 Å². The van der Waals surface area contributed by atoms with Crippen molar-refractivity contribution >= 4 is 29.1 Å². The zero-order valence-corrected chi connectivity index (χ0v) is 16.1. The van der Waals surface area contributed by atoms with Crippen LogP contribution in [0.1, 0.15) is 42.5 Å². The first kappa shape index (κ1) is 18.6. The van der Waals surface area contributed by atoms with E-state index in [1.54, 1.807) is 42.5 Å². The van der Waals surface area contributed by atoms with Gasteiger partial charge in [0.25, 0.3) is 11.7 Å². The second-order valence-electron chi connectivity index (χ2n) is 7.05. The molecule has 0 aromatic heterocycles. The fraction of sp³-hybridized carbons (Fsp3) is 0.333. The summed E-state index contributed by atoms with van der Waals surface area (Å²) in [5, 5.41) is 5.67. The fourth-order valence-corrected chi connectivity index (χ4v) is 3.79. The third-order valence-electron chi connectivity index (χ3n) is 4.96. The molecule has 0 bridgehead atoms. The van der Waals surface area contributed by atoms with Gasteiger partial charge in [0, 0.05) is 24.6 Å². The Labute approximate surface area is 168 Å². The Morgan fingerprint density at radius 3 is 2.54 bits per heavy atom. The van der Waals surface area contributed by atoms with Gasteiger partial charge in [-0.15, -0.1) is 0 Å². The van der Waals surface area contributed by atoms with Gasteiger partial charge in [0.05, 0.1) is 17.1 Å². The van der Waals surface area contributed by atoms with Gasteiger partial charge in [-0.05, 0) is 37.1 Å². The minimum absolute atomic E-state index is 0.164. The number of benzene rings is 2. The number of ether oxygens (including phenoxy) is 2. The first-order chi connectivity index (χ1) is 13.5. The Balaban J connectivity index is 1.34. The predicted octanol–water partition coefficient (Wildman–Crippen LogP) is 4.14. The van der Waals surface area contributed by atoms with Crippen molar-refractivity contribution in [1.29, 1.82) is 0 Å². The highest BCUT2D eigenvalue weighted by Crippen LogP contribution is 2.46. The molecule has 0 radical (unpaired) electrons. The quantitative estimate of drug-likeness (QED) is 0.808. The minimum atomic E-state index is -0.549. The molecule has 4 rings (SSSR count). The lowest BCUT2D eigenvalue weighted by atomic mass is 9.94. The molecule has 0 unspecified atom stereocenters. The van der Waals surface area contributed by atoms with Crippen LogP contribution in [0.5, 0.6) is 11.5 Å². The average Bonchev–Trinajstić information content (AvgIpc) is 3.03. The molecule has 6 nitrogen and oxygen atoms in total. The van der Waals surface area contributed by atoms with E-state index in [2.05, 4.69) is 10.6 Å². The van der Waals surface area contributed by atoms with Crippen molar-refractivity contribution < 1.29 is 19.1 Å². The highest BCUT2D eigenvalue weighted by molar-refractivity contribution is 6.33. The Bertz CT molecular complexity index is 909. The van der Waals surface area contributed by atoms with Gasteiger partial charge in [-0.2, -0.15) is 0 Å². The molecule has 1 heterocycles. The number of carbonyl (C=O) groups is 2. The molecule has 146 valence electrons. The van der Waals surface area contributed by atoms with Crippen molar-refractivity contribution in [3.8, 4) is 11.5 Å². The molecule has 1 fully saturated rings. The maximum Gasteiger partial charge on any atom is 0.253 e. The lowest BCUT2D eigenvalue weighted by Gasteiger charge is -2.31. The summed E-state index contributed by atoms with van der Waals surface area (Å²) in [4.78, 5) is 24.3. The van der Waals surface area contributed by atoms with Crippen LogP contribution in [0.4, 0.5) is 5.69 Å². The van der Waals surface area contributed by atoms with Crippen LogP contribution in [0.2, 0.25) is 5.02 Å². The molecule has 7 heteroatoms. The lowest BCUT2D eigenvalue weighted by Crippen LogP contribution is -2.40. The molecule has 2 amide bonds. The Morgan fingerprint density at radius 1 is 1.00 bits per heavy atom. The number of rotatable bonds is 4. The van der Waals surface area contributed by atoms with Gasteiger partial charge < -0.3 is 20.1 Å². The van der Waals surface area contributed by atoms with Crippen LogP contribution in [0.3, 0.4) is 0 Å². The molecule has 1 aliphatic carbocycles. The fourth-order valence-electron chi connectivity index (χ4n) is 3.57. The largest absolute Gasteiger partial charge is 0.448 e. The number of hydrogen-bond acceptors (Lipinski definition) is 4. The maximum absolute atomic E-state index is 12.2. The monoisotopic (exact) mass is 400 g/mol. The van der Waals surface area contributed by atoms with E-state index < -0.39 is 11.7 Å². The number of nitrogens with one attached hydrogen (secondary N) is 2. The van der Waals surface area contributed by atoms with E-state index >= 15 is 0 Å². The molecule has 0 atom stereocenters. The van der Waals surface area contributed by atoms with Gasteiger partial charge in [0.2, 0.25) is 5.91 Å². The number of hydrogen-bond donors (Lipinski definition) is 2. The molecule has 28 heavy (non-hydrogen) atoms. The number of anilines is 1. The summed E-state index contributed by atoms with van der Waals surface area (Å²) in [6.45, 7) is -0.164. The summed E-state index contributed by atoms with van der Waals surface area (Å²) in [6, 6.07) is 12.0. The van der Waals surface area contributed by atoms with Gasteiger partial charge >= 0.3 is 0 Å². The normalized spacial score (nSPS) is 16.6. The predicted molar refractivity (Wildman–Crippen MR) is 106 cm³/mol. The second-order valence-corrected chi connectivity index (χ2v) is 7.45. The Morgan fingerprint density at radius 2 is 1.75 bits per heavy atom. The Kier molecular flexibility index (Phi) is 5.13. The highest BCUT2D eigenvalue weighted by Gasteiger charge is 2.42. The van der Waals surface area contributed by atoms with Crippen LogP contribution >= 0.6 is 11.6 Å². The van der Waals surface area contributed by atoms with Crippen LogP contribution in [0.25, 0.3) is 0 Å². The molecule has 2 aromatic rings. The van der Waals surface area contributed by atoms with Gasteiger partial charge in [0.1, 0.15) is 0 Å². The summed E-state index contributed by atoms with van der Waals surface area (Å²) in [6.07, 6.45) is 5.12. The van der Waals surface area contributed by atoms with Gasteiger partial charge in [-0.1, -0.05) is 30.2 Å². The van der Waals surface area contributed by atoms with E-state index in [0.29, 0.717) is 27.8 Å². The summed E-state index contributed by atoms with van der Waals surface area (Å²) in [5.41, 5.74) is 0.921. The Hall–Kier alpha value is -2.73. The van der Waals surface area contributed by atoms with Gasteiger partial charge in [-0.25, -0.2) is 0 Å². The molecule has 1 saturated carbocycles. The van der Waals surface area contributed by atoms with Crippen molar-refractivity contribution in [2.45, 2.75) is 37.9 Å². The molecular weight excluding hydrogens is 380 g/mol. The molecule has 2 N–H and O–H groups in total. The number of halogens is 1. The summed E-state index contributed by atoms with van der Waals surface area (Å²) < 4.78 is 12.1. The standard InChI is InChI=1S/C21H21ClN2O4/c22-16-7-3-2-6-15(16)20(26)23-13-19(25)24-14-8-9-17-18(12-14)28-21(27-17)10-4-1-5-11-21/h2-3,6-9,12H,1,4-5,10-11,13H2,(H,23,26)(H,24,25). The third-order valence-corrected chi connectivity index (χ3v) is 5.29. The minimum Gasteiger partial charge on any atom is -0.448 e. The number of fused-ring (bicyclic) bond motifs is 1. The van der Waals surface area contributed by atoms with Crippen molar-refractivity contribution in [1.82, 2.24) is 5.32 Å². The van der Waals surface area contributed by atoms with E-state index in [1.807, 2.05) is 0 Å². The lowest BCUT2D eigenvalue weighted by molar-refractivity contribution is -0.115. The van der Waals surface area contributed by atoms with Crippen LogP contribution in [-0.2, 0) is 4.79 Å². The van der Waals surface area contributed by atoms with E-state index in [-0.39, 0.29) is 12.5 Å². The molecule has 1 spiro atoms. The van der Waals surface area contributed by atoms with Crippen molar-refractivity contribution in [3.05, 3.63) is 53.1 Å². The first-order valence-electron chi connectivity index (χ1n) is 9.39. The second kappa shape index (κ2) is 7.72. The molecule has 1 aliphatic heterocycles. The first-order valence-corrected chi connectivity index (χ1v) is 9.77. The zero-order valence-electron chi connectivity index (χ0n) is 15.3. The summed E-state index contributed by atoms with van der Waals surface area (Å²) >= 11 is 5.99. The zero-order chi connectivity index (χ0) is 19.6. The molecular formula is C21H21ClN2O4. The maximum atomic E-state index is 12.2. The average molecular weight is 401 g/mol. The summed E-state index contributed by atoms with van der Waals surface area (Å²) in [5.74, 6) is 0.0515. The molecule has 0 saturated heterocycles. The SMILES string of the molecule is O=C(CNC(=O)c1ccccc1Cl)Nc1ccc2c(c1)OC1(CCCCC1)O2. The molecule has 2 aromatic carbocycles. The van der Waals surface area contributed by atoms with Crippen molar-refractivity contribution in [2.75, 3.05) is 11.9 Å². The van der Waals surface area contributed by atoms with Crippen LogP contribution < -0.4 is 20.1 Å². The third kappa shape index (κ3) is 3.92. The van der Waals surface area contributed by atoms with Gasteiger partial charge in [-0.3, -0.25) is 9.59 Å². The van der Waals surface area contributed by atoms with E-state index in [9.17, 15) is 9.59 Å². The van der Waals surface area contributed by atoms with E-state index in [0.717, 1.165) is 25.7 Å². The number of carbonyl (C=O) groups excluding carboxylic acids is 2.